The first-order valence-electron chi connectivity index (χ1n) is 6.14. The number of aromatic nitrogens is 1. The van der Waals surface area contributed by atoms with Crippen molar-refractivity contribution >= 4 is 5.97 Å². The van der Waals surface area contributed by atoms with Crippen molar-refractivity contribution in [2.45, 2.75) is 25.4 Å². The van der Waals surface area contributed by atoms with Crippen LogP contribution in [0.4, 0.5) is 13.2 Å². The smallest absolute Gasteiger partial charge is 0.421 e. The van der Waals surface area contributed by atoms with Gasteiger partial charge in [0.2, 0.25) is 5.88 Å². The second-order valence-electron chi connectivity index (χ2n) is 4.97. The van der Waals surface area contributed by atoms with Gasteiger partial charge >= 0.3 is 12.1 Å². The number of carboxylic acid groups (broad SMARTS) is 1. The van der Waals surface area contributed by atoms with Crippen molar-refractivity contribution in [3.8, 4) is 5.88 Å². The first-order valence-corrected chi connectivity index (χ1v) is 6.14. The van der Waals surface area contributed by atoms with Crippen LogP contribution in [0.25, 0.3) is 0 Å². The number of methoxy groups -OCH3 is 1. The van der Waals surface area contributed by atoms with Crippen LogP contribution < -0.4 is 4.74 Å². The summed E-state index contributed by atoms with van der Waals surface area (Å²) in [4.78, 5) is 14.3. The Hall–Kier alpha value is -1.79. The fraction of sp³-hybridized carbons (Fsp3) is 0.538. The zero-order valence-electron chi connectivity index (χ0n) is 10.8. The highest BCUT2D eigenvalue weighted by Gasteiger charge is 2.37. The Morgan fingerprint density at radius 1 is 1.50 bits per heavy atom. The van der Waals surface area contributed by atoms with E-state index in [1.54, 1.807) is 0 Å². The largest absolute Gasteiger partial charge is 0.481 e. The lowest BCUT2D eigenvalue weighted by Crippen LogP contribution is -2.31. The summed E-state index contributed by atoms with van der Waals surface area (Å²) in [5, 5.41) is 8.76. The molecule has 110 valence electrons. The van der Waals surface area contributed by atoms with E-state index in [9.17, 15) is 18.0 Å². The summed E-state index contributed by atoms with van der Waals surface area (Å²) in [5.41, 5.74) is -0.446. The monoisotopic (exact) mass is 289 g/mol. The van der Waals surface area contributed by atoms with Crippen LogP contribution in [-0.4, -0.2) is 23.2 Å². The number of hydrogen-bond acceptors (Lipinski definition) is 3. The standard InChI is InChI=1S/C13H14F3NO3/c1-20-11-10(13(14,15)16)5-8(6-17-11)2-7-3-9(4-7)12(18)19/h5-7,9H,2-4H2,1H3,(H,18,19). The highest BCUT2D eigenvalue weighted by molar-refractivity contribution is 5.71. The molecule has 1 aliphatic rings. The fourth-order valence-corrected chi connectivity index (χ4v) is 2.41. The van der Waals surface area contributed by atoms with E-state index < -0.39 is 23.6 Å². The Kier molecular flexibility index (Phi) is 3.87. The molecule has 1 aromatic rings. The molecular weight excluding hydrogens is 275 g/mol. The van der Waals surface area contributed by atoms with Crippen LogP contribution in [0.5, 0.6) is 5.88 Å². The van der Waals surface area contributed by atoms with Crippen molar-refractivity contribution < 1.29 is 27.8 Å². The number of hydrogen-bond donors (Lipinski definition) is 1. The minimum Gasteiger partial charge on any atom is -0.481 e. The molecule has 0 radical (unpaired) electrons. The predicted molar refractivity (Wildman–Crippen MR) is 63.3 cm³/mol. The zero-order chi connectivity index (χ0) is 14.9. The van der Waals surface area contributed by atoms with Gasteiger partial charge in [0, 0.05) is 6.20 Å². The predicted octanol–water partition coefficient (Wildman–Crippen LogP) is 2.76. The maximum atomic E-state index is 12.8. The van der Waals surface area contributed by atoms with Gasteiger partial charge in [-0.15, -0.1) is 0 Å². The molecule has 0 aromatic carbocycles. The molecule has 1 N–H and O–H groups in total. The maximum absolute atomic E-state index is 12.8. The van der Waals surface area contributed by atoms with Crippen molar-refractivity contribution in [3.63, 3.8) is 0 Å². The van der Waals surface area contributed by atoms with Crippen LogP contribution in [0.3, 0.4) is 0 Å². The lowest BCUT2D eigenvalue weighted by atomic mass is 9.72. The second kappa shape index (κ2) is 5.30. The third kappa shape index (κ3) is 3.02. The van der Waals surface area contributed by atoms with Gasteiger partial charge in [-0.1, -0.05) is 0 Å². The van der Waals surface area contributed by atoms with Gasteiger partial charge in [0.05, 0.1) is 13.0 Å². The molecule has 4 nitrogen and oxygen atoms in total. The Morgan fingerprint density at radius 2 is 2.15 bits per heavy atom. The normalized spacial score (nSPS) is 22.2. The summed E-state index contributed by atoms with van der Waals surface area (Å²) in [6.07, 6.45) is -1.75. The molecule has 1 aromatic heterocycles. The summed E-state index contributed by atoms with van der Waals surface area (Å²) in [6, 6.07) is 1.03. The Bertz CT molecular complexity index is 510. The first-order chi connectivity index (χ1) is 9.31. The van der Waals surface area contributed by atoms with Crippen molar-refractivity contribution in [2.75, 3.05) is 7.11 Å². The van der Waals surface area contributed by atoms with Crippen LogP contribution in [0.15, 0.2) is 12.3 Å². The van der Waals surface area contributed by atoms with Gasteiger partial charge in [0.15, 0.2) is 0 Å². The second-order valence-corrected chi connectivity index (χ2v) is 4.97. The Morgan fingerprint density at radius 3 is 2.65 bits per heavy atom. The first kappa shape index (κ1) is 14.6. The summed E-state index contributed by atoms with van der Waals surface area (Å²) < 4.78 is 43.1. The summed E-state index contributed by atoms with van der Waals surface area (Å²) in [6.45, 7) is 0. The SMILES string of the molecule is COc1ncc(CC2CC(C(=O)O)C2)cc1C(F)(F)F. The van der Waals surface area contributed by atoms with Gasteiger partial charge in [-0.25, -0.2) is 4.98 Å². The topological polar surface area (TPSA) is 59.4 Å². The number of nitrogens with zero attached hydrogens (tertiary/aromatic N) is 1. The van der Waals surface area contributed by atoms with E-state index in [0.29, 0.717) is 24.8 Å². The minimum atomic E-state index is -4.52. The van der Waals surface area contributed by atoms with Crippen LogP contribution in [0.2, 0.25) is 0 Å². The van der Waals surface area contributed by atoms with Gasteiger partial charge in [0.1, 0.15) is 5.56 Å². The summed E-state index contributed by atoms with van der Waals surface area (Å²) >= 11 is 0. The molecule has 1 fully saturated rings. The highest BCUT2D eigenvalue weighted by atomic mass is 19.4. The Balaban J connectivity index is 2.09. The van der Waals surface area contributed by atoms with Gasteiger partial charge in [-0.3, -0.25) is 4.79 Å². The fourth-order valence-electron chi connectivity index (χ4n) is 2.41. The highest BCUT2D eigenvalue weighted by Crippen LogP contribution is 2.39. The quantitative estimate of drug-likeness (QED) is 0.926. The summed E-state index contributed by atoms with van der Waals surface area (Å²) in [5.74, 6) is -1.55. The number of pyridine rings is 1. The average molecular weight is 289 g/mol. The average Bonchev–Trinajstić information content (AvgIpc) is 2.31. The van der Waals surface area contributed by atoms with Crippen LogP contribution in [-0.2, 0) is 17.4 Å². The minimum absolute atomic E-state index is 0.104. The van der Waals surface area contributed by atoms with E-state index in [0.717, 1.165) is 13.2 Å². The van der Waals surface area contributed by atoms with Gasteiger partial charge in [-0.05, 0) is 36.8 Å². The van der Waals surface area contributed by atoms with Gasteiger partial charge in [0.25, 0.3) is 0 Å². The summed E-state index contributed by atoms with van der Waals surface area (Å²) in [7, 11) is 1.14. The van der Waals surface area contributed by atoms with E-state index in [2.05, 4.69) is 9.72 Å². The molecular formula is C13H14F3NO3. The van der Waals surface area contributed by atoms with E-state index in [-0.39, 0.29) is 11.8 Å². The number of halogens is 3. The molecule has 0 saturated heterocycles. The van der Waals surface area contributed by atoms with Crippen LogP contribution >= 0.6 is 0 Å². The van der Waals surface area contributed by atoms with E-state index >= 15 is 0 Å². The molecule has 0 amide bonds. The number of ether oxygens (including phenoxy) is 1. The molecule has 1 saturated carbocycles. The number of carbonyl (C=O) groups is 1. The zero-order valence-corrected chi connectivity index (χ0v) is 10.8. The number of rotatable bonds is 4. The van der Waals surface area contributed by atoms with Crippen molar-refractivity contribution in [1.82, 2.24) is 4.98 Å². The van der Waals surface area contributed by atoms with E-state index in [1.807, 2.05) is 0 Å². The molecule has 0 aliphatic heterocycles. The molecule has 0 spiro atoms. The van der Waals surface area contributed by atoms with E-state index in [1.165, 1.54) is 6.20 Å². The number of carboxylic acids is 1. The third-order valence-corrected chi connectivity index (χ3v) is 3.52. The molecule has 7 heteroatoms. The molecule has 20 heavy (non-hydrogen) atoms. The van der Waals surface area contributed by atoms with Crippen LogP contribution in [0, 0.1) is 11.8 Å². The molecule has 0 bridgehead atoms. The maximum Gasteiger partial charge on any atom is 0.421 e. The lowest BCUT2D eigenvalue weighted by molar-refractivity contribution is -0.146. The lowest BCUT2D eigenvalue weighted by Gasteiger charge is -2.32. The molecule has 1 heterocycles. The van der Waals surface area contributed by atoms with Crippen molar-refractivity contribution in [1.29, 1.82) is 0 Å². The van der Waals surface area contributed by atoms with Gasteiger partial charge in [-0.2, -0.15) is 13.2 Å². The molecule has 0 atom stereocenters. The van der Waals surface area contributed by atoms with Crippen LogP contribution in [0.1, 0.15) is 24.0 Å². The number of aliphatic carboxylic acids is 1. The van der Waals surface area contributed by atoms with Gasteiger partial charge < -0.3 is 9.84 Å². The third-order valence-electron chi connectivity index (χ3n) is 3.52. The molecule has 0 unspecified atom stereocenters. The molecule has 1 aliphatic carbocycles. The Labute approximate surface area is 113 Å². The van der Waals surface area contributed by atoms with E-state index in [4.69, 9.17) is 5.11 Å². The molecule has 2 rings (SSSR count). The van der Waals surface area contributed by atoms with Crippen molar-refractivity contribution in [2.24, 2.45) is 11.8 Å². The number of alkyl halides is 3. The van der Waals surface area contributed by atoms with Crippen molar-refractivity contribution in [3.05, 3.63) is 23.4 Å².